The minimum atomic E-state index is -0.741. The van der Waals surface area contributed by atoms with Gasteiger partial charge < -0.3 is 10.1 Å². The molecular formula is C17H15N3O5S. The molecule has 26 heavy (non-hydrogen) atoms. The molecule has 3 rings (SSSR count). The first-order valence-electron chi connectivity index (χ1n) is 7.78. The molecule has 2 aromatic carbocycles. The van der Waals surface area contributed by atoms with Gasteiger partial charge in [0.05, 0.1) is 29.0 Å². The molecule has 9 heteroatoms. The number of hydrogen-bond acceptors (Lipinski definition) is 6. The van der Waals surface area contributed by atoms with Gasteiger partial charge in [-0.1, -0.05) is 12.1 Å². The summed E-state index contributed by atoms with van der Waals surface area (Å²) in [4.78, 5) is 37.4. The number of nitro groups is 1. The number of hydrogen-bond donors (Lipinski definition) is 1. The average Bonchev–Trinajstić information content (AvgIpc) is 2.62. The Morgan fingerprint density at radius 1 is 1.35 bits per heavy atom. The van der Waals surface area contributed by atoms with Crippen LogP contribution in [-0.2, 0) is 4.79 Å². The molecule has 2 aromatic rings. The van der Waals surface area contributed by atoms with E-state index in [4.69, 9.17) is 4.74 Å². The van der Waals surface area contributed by atoms with Gasteiger partial charge in [-0.2, -0.15) is 0 Å². The third-order valence-electron chi connectivity index (χ3n) is 3.63. The minimum absolute atomic E-state index is 0.00744. The molecule has 8 nitrogen and oxygen atoms in total. The largest absolute Gasteiger partial charge is 0.494 e. The quantitative estimate of drug-likeness (QED) is 0.648. The second kappa shape index (κ2) is 7.44. The summed E-state index contributed by atoms with van der Waals surface area (Å²) in [5.41, 5.74) is 0.142. The van der Waals surface area contributed by atoms with Crippen molar-refractivity contribution in [2.45, 2.75) is 11.8 Å². The number of ether oxygens (including phenoxy) is 1. The maximum atomic E-state index is 12.7. The summed E-state index contributed by atoms with van der Waals surface area (Å²) in [6.45, 7) is 2.12. The monoisotopic (exact) mass is 373 g/mol. The van der Waals surface area contributed by atoms with Crippen LogP contribution in [-0.4, -0.2) is 29.2 Å². The number of amides is 3. The molecule has 1 aliphatic rings. The number of carbonyl (C=O) groups excluding carboxylic acids is 2. The molecule has 134 valence electrons. The lowest BCUT2D eigenvalue weighted by Gasteiger charge is -2.27. The number of rotatable bonds is 4. The van der Waals surface area contributed by atoms with Crippen LogP contribution < -0.4 is 15.0 Å². The zero-order chi connectivity index (χ0) is 18.7. The Kier molecular flexibility index (Phi) is 5.08. The number of carbonyl (C=O) groups is 2. The normalized spacial score (nSPS) is 13.1. The molecule has 0 radical (unpaired) electrons. The summed E-state index contributed by atoms with van der Waals surface area (Å²) < 4.78 is 5.25. The van der Waals surface area contributed by atoms with Crippen LogP contribution in [0.5, 0.6) is 5.75 Å². The Bertz CT molecular complexity index is 886. The van der Waals surface area contributed by atoms with Gasteiger partial charge in [-0.25, -0.2) is 9.69 Å². The first kappa shape index (κ1) is 17.7. The summed E-state index contributed by atoms with van der Waals surface area (Å²) >= 11 is 1.34. The Morgan fingerprint density at radius 2 is 2.12 bits per heavy atom. The fourth-order valence-electron chi connectivity index (χ4n) is 2.52. The Balaban J connectivity index is 1.91. The highest BCUT2D eigenvalue weighted by atomic mass is 32.2. The van der Waals surface area contributed by atoms with Gasteiger partial charge in [0.2, 0.25) is 5.91 Å². The van der Waals surface area contributed by atoms with E-state index in [1.807, 2.05) is 12.1 Å². The third-order valence-corrected chi connectivity index (χ3v) is 4.68. The molecule has 0 fully saturated rings. The number of urea groups is 1. The molecule has 0 atom stereocenters. The molecule has 3 amide bonds. The molecule has 0 bridgehead atoms. The number of thioether (sulfide) groups is 1. The molecule has 0 saturated heterocycles. The van der Waals surface area contributed by atoms with Crippen LogP contribution in [0.4, 0.5) is 21.9 Å². The van der Waals surface area contributed by atoms with Crippen molar-refractivity contribution in [3.8, 4) is 5.75 Å². The molecule has 1 N–H and O–H groups in total. The van der Waals surface area contributed by atoms with Gasteiger partial charge in [0, 0.05) is 4.90 Å². The van der Waals surface area contributed by atoms with Gasteiger partial charge in [0.1, 0.15) is 11.4 Å². The third kappa shape index (κ3) is 3.47. The van der Waals surface area contributed by atoms with E-state index in [1.54, 1.807) is 19.1 Å². The first-order chi connectivity index (χ1) is 12.5. The first-order valence-corrected chi connectivity index (χ1v) is 8.77. The predicted molar refractivity (Wildman–Crippen MR) is 97.9 cm³/mol. The van der Waals surface area contributed by atoms with Gasteiger partial charge in [-0.15, -0.1) is 11.8 Å². The lowest BCUT2D eigenvalue weighted by molar-refractivity contribution is -0.384. The maximum Gasteiger partial charge on any atom is 0.333 e. The number of nitrogens with zero attached hydrogens (tertiary/aromatic N) is 2. The highest BCUT2D eigenvalue weighted by Gasteiger charge is 2.31. The SMILES string of the molecule is CCOc1ccc(NC(=O)N2C(=O)CSc3ccccc32)c([N+](=O)[O-])c1. The van der Waals surface area contributed by atoms with E-state index in [2.05, 4.69) is 5.32 Å². The van der Waals surface area contributed by atoms with E-state index in [0.717, 1.165) is 9.80 Å². The number of anilines is 2. The van der Waals surface area contributed by atoms with E-state index < -0.39 is 11.0 Å². The highest BCUT2D eigenvalue weighted by Crippen LogP contribution is 2.36. The van der Waals surface area contributed by atoms with Gasteiger partial charge in [-0.3, -0.25) is 14.9 Å². The number of imide groups is 1. The standard InChI is InChI=1S/C17H15N3O5S/c1-2-25-11-7-8-12(14(9-11)20(23)24)18-17(22)19-13-5-3-4-6-15(13)26-10-16(19)21/h3-9H,2,10H2,1H3,(H,18,22). The number of nitro benzene ring substituents is 1. The molecule has 0 saturated carbocycles. The number of nitrogens with one attached hydrogen (secondary N) is 1. The zero-order valence-electron chi connectivity index (χ0n) is 13.8. The van der Waals surface area contributed by atoms with Crippen molar-refractivity contribution >= 4 is 40.8 Å². The van der Waals surface area contributed by atoms with Crippen molar-refractivity contribution in [1.82, 2.24) is 0 Å². The topological polar surface area (TPSA) is 102 Å². The van der Waals surface area contributed by atoms with Crippen molar-refractivity contribution in [2.75, 3.05) is 22.6 Å². The Morgan fingerprint density at radius 3 is 2.85 bits per heavy atom. The average molecular weight is 373 g/mol. The summed E-state index contributed by atoms with van der Waals surface area (Å²) in [6.07, 6.45) is 0. The minimum Gasteiger partial charge on any atom is -0.494 e. The van der Waals surface area contributed by atoms with E-state index in [0.29, 0.717) is 18.0 Å². The summed E-state index contributed by atoms with van der Waals surface area (Å²) in [5.74, 6) is 0.0586. The Labute approximate surface area is 153 Å². The van der Waals surface area contributed by atoms with Gasteiger partial charge in [0.25, 0.3) is 5.69 Å². The van der Waals surface area contributed by atoms with Crippen molar-refractivity contribution in [3.63, 3.8) is 0 Å². The summed E-state index contributed by atoms with van der Waals surface area (Å²) in [7, 11) is 0. The van der Waals surface area contributed by atoms with Crippen LogP contribution >= 0.6 is 11.8 Å². The Hall–Kier alpha value is -3.07. The van der Waals surface area contributed by atoms with Gasteiger partial charge in [-0.05, 0) is 31.2 Å². The van der Waals surface area contributed by atoms with Crippen LogP contribution in [0.2, 0.25) is 0 Å². The van der Waals surface area contributed by atoms with Crippen LogP contribution in [0.3, 0.4) is 0 Å². The van der Waals surface area contributed by atoms with Gasteiger partial charge in [0.15, 0.2) is 0 Å². The smallest absolute Gasteiger partial charge is 0.333 e. The number of para-hydroxylation sites is 1. The fourth-order valence-corrected chi connectivity index (χ4v) is 3.41. The van der Waals surface area contributed by atoms with Crippen LogP contribution in [0, 0.1) is 10.1 Å². The van der Waals surface area contributed by atoms with E-state index >= 15 is 0 Å². The molecule has 0 spiro atoms. The lowest BCUT2D eigenvalue weighted by atomic mass is 10.2. The van der Waals surface area contributed by atoms with E-state index in [-0.39, 0.29) is 23.0 Å². The van der Waals surface area contributed by atoms with E-state index in [1.165, 1.54) is 30.0 Å². The molecular weight excluding hydrogens is 358 g/mol. The molecule has 0 aliphatic carbocycles. The van der Waals surface area contributed by atoms with Crippen molar-refractivity contribution in [2.24, 2.45) is 0 Å². The summed E-state index contributed by atoms with van der Waals surface area (Å²) in [5, 5.41) is 13.8. The predicted octanol–water partition coefficient (Wildman–Crippen LogP) is 3.66. The highest BCUT2D eigenvalue weighted by molar-refractivity contribution is 8.00. The molecule has 0 aromatic heterocycles. The van der Waals surface area contributed by atoms with Crippen molar-refractivity contribution in [3.05, 3.63) is 52.6 Å². The van der Waals surface area contributed by atoms with Crippen LogP contribution in [0.1, 0.15) is 6.92 Å². The lowest BCUT2D eigenvalue weighted by Crippen LogP contribution is -2.43. The second-order valence-corrected chi connectivity index (χ2v) is 6.30. The van der Waals surface area contributed by atoms with Crippen molar-refractivity contribution < 1.29 is 19.2 Å². The molecule has 0 unspecified atom stereocenters. The van der Waals surface area contributed by atoms with E-state index in [9.17, 15) is 19.7 Å². The van der Waals surface area contributed by atoms with Gasteiger partial charge >= 0.3 is 6.03 Å². The van der Waals surface area contributed by atoms with Crippen molar-refractivity contribution in [1.29, 1.82) is 0 Å². The fraction of sp³-hybridized carbons (Fsp3) is 0.176. The van der Waals surface area contributed by atoms with Crippen LogP contribution in [0.25, 0.3) is 0 Å². The maximum absolute atomic E-state index is 12.7. The zero-order valence-corrected chi connectivity index (χ0v) is 14.6. The second-order valence-electron chi connectivity index (χ2n) is 5.28. The molecule has 1 heterocycles. The molecule has 1 aliphatic heterocycles. The number of benzene rings is 2. The summed E-state index contributed by atoms with van der Waals surface area (Å²) in [6, 6.07) is 10.4. The number of fused-ring (bicyclic) bond motifs is 1. The van der Waals surface area contributed by atoms with Crippen LogP contribution in [0.15, 0.2) is 47.4 Å².